The Morgan fingerprint density at radius 1 is 0.704 bits per heavy atom. The van der Waals surface area contributed by atoms with Crippen molar-refractivity contribution in [1.82, 2.24) is 10.9 Å². The summed E-state index contributed by atoms with van der Waals surface area (Å²) in [7, 11) is 0. The molecular formula is C19H22N6O2. The molecule has 8 heteroatoms. The van der Waals surface area contributed by atoms with E-state index in [1.54, 1.807) is 38.1 Å². The molecule has 0 atom stereocenters. The van der Waals surface area contributed by atoms with Crippen LogP contribution in [0, 0.1) is 0 Å². The predicted molar refractivity (Wildman–Crippen MR) is 108 cm³/mol. The van der Waals surface area contributed by atoms with Crippen molar-refractivity contribution < 1.29 is 9.59 Å². The van der Waals surface area contributed by atoms with Crippen LogP contribution >= 0.6 is 0 Å². The molecule has 140 valence electrons. The van der Waals surface area contributed by atoms with E-state index in [0.29, 0.717) is 29.2 Å². The molecule has 0 spiro atoms. The molecule has 2 aromatic carbocycles. The topological polar surface area (TPSA) is 107 Å². The van der Waals surface area contributed by atoms with Crippen LogP contribution in [0.5, 0.6) is 0 Å². The van der Waals surface area contributed by atoms with Crippen LogP contribution in [-0.2, 0) is 0 Å². The zero-order valence-electron chi connectivity index (χ0n) is 15.2. The summed E-state index contributed by atoms with van der Waals surface area (Å²) in [6, 6.07) is 17.3. The summed E-state index contributed by atoms with van der Waals surface area (Å²) in [6.45, 7) is 3.51. The highest BCUT2D eigenvalue weighted by molar-refractivity contribution is 6.03. The van der Waals surface area contributed by atoms with Gasteiger partial charge in [-0.3, -0.25) is 0 Å². The lowest BCUT2D eigenvalue weighted by atomic mass is 10.2. The highest BCUT2D eigenvalue weighted by Gasteiger charge is 2.03. The summed E-state index contributed by atoms with van der Waals surface area (Å²) in [6.07, 6.45) is 0.400. The van der Waals surface area contributed by atoms with Crippen LogP contribution in [0.1, 0.15) is 20.3 Å². The Balaban J connectivity index is 1.75. The van der Waals surface area contributed by atoms with Crippen LogP contribution in [-0.4, -0.2) is 23.5 Å². The van der Waals surface area contributed by atoms with Crippen LogP contribution in [0.3, 0.4) is 0 Å². The number of benzene rings is 2. The molecule has 0 unspecified atom stereocenters. The SMILES string of the molecule is C/C(C/C(C)=N\NC(=O)Nc1ccccc1)=N/NC(=O)Nc1ccccc1. The number of nitrogens with one attached hydrogen (secondary N) is 4. The fourth-order valence-corrected chi connectivity index (χ4v) is 2.10. The van der Waals surface area contributed by atoms with Gasteiger partial charge in [-0.2, -0.15) is 10.2 Å². The number of carbonyl (C=O) groups excluding carboxylic acids is 2. The maximum Gasteiger partial charge on any atom is 0.339 e. The maximum atomic E-state index is 11.8. The van der Waals surface area contributed by atoms with Gasteiger partial charge in [0.25, 0.3) is 0 Å². The minimum absolute atomic E-state index is 0.400. The van der Waals surface area contributed by atoms with Crippen LogP contribution in [0.15, 0.2) is 70.9 Å². The molecule has 4 N–H and O–H groups in total. The summed E-state index contributed by atoms with van der Waals surface area (Å²) in [4.78, 5) is 23.5. The Labute approximate surface area is 157 Å². The van der Waals surface area contributed by atoms with Gasteiger partial charge < -0.3 is 10.6 Å². The Morgan fingerprint density at radius 2 is 1.07 bits per heavy atom. The summed E-state index contributed by atoms with van der Waals surface area (Å²) in [5, 5.41) is 13.3. The molecule has 0 aromatic heterocycles. The van der Waals surface area contributed by atoms with Gasteiger partial charge in [-0.25, -0.2) is 20.4 Å². The van der Waals surface area contributed by atoms with Gasteiger partial charge in [0.1, 0.15) is 0 Å². The number of hydrazone groups is 2. The van der Waals surface area contributed by atoms with E-state index in [1.807, 2.05) is 36.4 Å². The maximum absolute atomic E-state index is 11.8. The molecule has 0 aliphatic carbocycles. The lowest BCUT2D eigenvalue weighted by Crippen LogP contribution is -2.26. The quantitative estimate of drug-likeness (QED) is 0.461. The van der Waals surface area contributed by atoms with Gasteiger partial charge in [-0.1, -0.05) is 36.4 Å². The second-order valence-electron chi connectivity index (χ2n) is 5.73. The molecule has 0 saturated carbocycles. The largest absolute Gasteiger partial charge is 0.339 e. The van der Waals surface area contributed by atoms with E-state index in [0.717, 1.165) is 0 Å². The minimum atomic E-state index is -0.435. The number of para-hydroxylation sites is 2. The van der Waals surface area contributed by atoms with Crippen LogP contribution in [0.2, 0.25) is 0 Å². The number of amides is 4. The third kappa shape index (κ3) is 7.82. The van der Waals surface area contributed by atoms with Crippen LogP contribution in [0.25, 0.3) is 0 Å². The van der Waals surface area contributed by atoms with E-state index in [2.05, 4.69) is 31.7 Å². The summed E-state index contributed by atoms with van der Waals surface area (Å²) in [5.74, 6) is 0. The fourth-order valence-electron chi connectivity index (χ4n) is 2.10. The van der Waals surface area contributed by atoms with E-state index in [-0.39, 0.29) is 0 Å². The average Bonchev–Trinajstić information content (AvgIpc) is 2.66. The Hall–Kier alpha value is -3.68. The van der Waals surface area contributed by atoms with Crippen LogP contribution < -0.4 is 21.5 Å². The number of urea groups is 2. The first kappa shape index (κ1) is 19.6. The molecule has 2 aromatic rings. The summed E-state index contributed by atoms with van der Waals surface area (Å²) < 4.78 is 0. The van der Waals surface area contributed by atoms with E-state index >= 15 is 0 Å². The summed E-state index contributed by atoms with van der Waals surface area (Å²) in [5.41, 5.74) is 7.47. The molecule has 0 aliphatic heterocycles. The molecule has 2 rings (SSSR count). The van der Waals surface area contributed by atoms with Crippen molar-refractivity contribution in [2.45, 2.75) is 20.3 Å². The lowest BCUT2D eigenvalue weighted by molar-refractivity contribution is 0.251. The predicted octanol–water partition coefficient (Wildman–Crippen LogP) is 3.77. The molecule has 0 bridgehead atoms. The third-order valence-electron chi connectivity index (χ3n) is 3.27. The van der Waals surface area contributed by atoms with Crippen molar-refractivity contribution >= 4 is 34.9 Å². The zero-order chi connectivity index (χ0) is 19.5. The van der Waals surface area contributed by atoms with E-state index in [9.17, 15) is 9.59 Å². The van der Waals surface area contributed by atoms with Gasteiger partial charge in [0.15, 0.2) is 0 Å². The van der Waals surface area contributed by atoms with Gasteiger partial charge in [0.05, 0.1) is 0 Å². The van der Waals surface area contributed by atoms with E-state index in [4.69, 9.17) is 0 Å². The summed E-state index contributed by atoms with van der Waals surface area (Å²) >= 11 is 0. The second-order valence-corrected chi connectivity index (χ2v) is 5.73. The number of hydrogen-bond donors (Lipinski definition) is 4. The lowest BCUT2D eigenvalue weighted by Gasteiger charge is -2.06. The Bertz CT molecular complexity index is 749. The number of nitrogens with zero attached hydrogens (tertiary/aromatic N) is 2. The highest BCUT2D eigenvalue weighted by Crippen LogP contribution is 2.05. The fraction of sp³-hybridized carbons (Fsp3) is 0.158. The van der Waals surface area contributed by atoms with E-state index < -0.39 is 12.1 Å². The van der Waals surface area contributed by atoms with Crippen LogP contribution in [0.4, 0.5) is 21.0 Å². The number of anilines is 2. The van der Waals surface area contributed by atoms with E-state index in [1.165, 1.54) is 0 Å². The first-order chi connectivity index (χ1) is 13.0. The molecule has 0 saturated heterocycles. The van der Waals surface area contributed by atoms with Gasteiger partial charge >= 0.3 is 12.1 Å². The minimum Gasteiger partial charge on any atom is -0.307 e. The molecular weight excluding hydrogens is 344 g/mol. The standard InChI is InChI=1S/C19H22N6O2/c1-14(22-24-18(26)20-16-9-5-3-6-10-16)13-15(2)23-25-19(27)21-17-11-7-4-8-12-17/h3-12H,13H2,1-2H3,(H2,20,24,26)(H2,21,25,27)/b22-14-,23-15-. The molecule has 0 aliphatic rings. The normalized spacial score (nSPS) is 11.5. The smallest absolute Gasteiger partial charge is 0.307 e. The highest BCUT2D eigenvalue weighted by atomic mass is 16.2. The van der Waals surface area contributed by atoms with Gasteiger partial charge in [-0.15, -0.1) is 0 Å². The molecule has 0 heterocycles. The molecule has 4 amide bonds. The Kier molecular flexibility index (Phi) is 7.52. The van der Waals surface area contributed by atoms with Crippen molar-refractivity contribution in [3.63, 3.8) is 0 Å². The molecule has 27 heavy (non-hydrogen) atoms. The number of hydrogen-bond acceptors (Lipinski definition) is 4. The van der Waals surface area contributed by atoms with Crippen molar-refractivity contribution in [3.8, 4) is 0 Å². The molecule has 0 fully saturated rings. The average molecular weight is 366 g/mol. The van der Waals surface area contributed by atoms with Gasteiger partial charge in [0, 0.05) is 29.2 Å². The number of carbonyl (C=O) groups is 2. The zero-order valence-corrected chi connectivity index (χ0v) is 15.2. The van der Waals surface area contributed by atoms with Crippen molar-refractivity contribution in [2.75, 3.05) is 10.6 Å². The molecule has 8 nitrogen and oxygen atoms in total. The van der Waals surface area contributed by atoms with Crippen molar-refractivity contribution in [1.29, 1.82) is 0 Å². The first-order valence-corrected chi connectivity index (χ1v) is 8.33. The van der Waals surface area contributed by atoms with Gasteiger partial charge in [-0.05, 0) is 38.1 Å². The second kappa shape index (κ2) is 10.3. The van der Waals surface area contributed by atoms with Crippen molar-refractivity contribution in [2.24, 2.45) is 10.2 Å². The Morgan fingerprint density at radius 3 is 1.44 bits per heavy atom. The number of rotatable bonds is 6. The van der Waals surface area contributed by atoms with Gasteiger partial charge in [0.2, 0.25) is 0 Å². The van der Waals surface area contributed by atoms with Crippen molar-refractivity contribution in [3.05, 3.63) is 60.7 Å². The molecule has 0 radical (unpaired) electrons. The third-order valence-corrected chi connectivity index (χ3v) is 3.27. The monoisotopic (exact) mass is 366 g/mol. The first-order valence-electron chi connectivity index (χ1n) is 8.33.